The minimum atomic E-state index is 1.15. The molecule has 0 fully saturated rings. The molecule has 0 aliphatic heterocycles. The maximum Gasteiger partial charge on any atom is 0.0666 e. The smallest absolute Gasteiger partial charge is 0.0666 e. The summed E-state index contributed by atoms with van der Waals surface area (Å²) in [6.45, 7) is 0. The summed E-state index contributed by atoms with van der Waals surface area (Å²) in [7, 11) is 0. The standard InChI is InChI=1S/C8H4BrIS/c9-6-1-2-7-5(3-6)4-8(10)11-7/h1-4H. The minimum Gasteiger partial charge on any atom is -0.129 e. The average molecular weight is 339 g/mol. The van der Waals surface area contributed by atoms with Crippen LogP contribution in [0.5, 0.6) is 0 Å². The van der Waals surface area contributed by atoms with Crippen LogP contribution in [0.1, 0.15) is 0 Å². The zero-order chi connectivity index (χ0) is 7.84. The topological polar surface area (TPSA) is 0 Å². The van der Waals surface area contributed by atoms with Gasteiger partial charge in [-0.2, -0.15) is 0 Å². The van der Waals surface area contributed by atoms with E-state index < -0.39 is 0 Å². The van der Waals surface area contributed by atoms with Gasteiger partial charge in [0.15, 0.2) is 0 Å². The van der Waals surface area contributed by atoms with Gasteiger partial charge in [0, 0.05) is 9.17 Å². The van der Waals surface area contributed by atoms with Crippen molar-refractivity contribution in [3.63, 3.8) is 0 Å². The van der Waals surface area contributed by atoms with E-state index in [0.717, 1.165) is 4.47 Å². The minimum absolute atomic E-state index is 1.15. The van der Waals surface area contributed by atoms with Crippen molar-refractivity contribution in [2.45, 2.75) is 0 Å². The first kappa shape index (κ1) is 8.01. The van der Waals surface area contributed by atoms with Crippen LogP contribution >= 0.6 is 49.9 Å². The lowest BCUT2D eigenvalue weighted by atomic mass is 10.3. The molecule has 0 aliphatic rings. The second-order valence-electron chi connectivity index (χ2n) is 2.23. The number of hydrogen-bond acceptors (Lipinski definition) is 1. The fourth-order valence-electron chi connectivity index (χ4n) is 0.982. The van der Waals surface area contributed by atoms with Gasteiger partial charge in [0.05, 0.1) is 2.88 Å². The Morgan fingerprint density at radius 1 is 1.27 bits per heavy atom. The van der Waals surface area contributed by atoms with Crippen molar-refractivity contribution in [3.8, 4) is 0 Å². The van der Waals surface area contributed by atoms with Crippen molar-refractivity contribution in [3.05, 3.63) is 31.6 Å². The molecule has 0 aliphatic carbocycles. The third kappa shape index (κ3) is 1.60. The van der Waals surface area contributed by atoms with E-state index >= 15 is 0 Å². The van der Waals surface area contributed by atoms with Gasteiger partial charge >= 0.3 is 0 Å². The molecule has 0 amide bonds. The van der Waals surface area contributed by atoms with Crippen LogP contribution in [0.2, 0.25) is 0 Å². The summed E-state index contributed by atoms with van der Waals surface area (Å²) in [5.74, 6) is 0. The highest BCUT2D eigenvalue weighted by atomic mass is 127. The van der Waals surface area contributed by atoms with Crippen LogP contribution in [0.3, 0.4) is 0 Å². The van der Waals surface area contributed by atoms with Crippen LogP contribution in [0, 0.1) is 2.88 Å². The number of halogens is 2. The quantitative estimate of drug-likeness (QED) is 0.629. The molecule has 56 valence electrons. The van der Waals surface area contributed by atoms with Crippen molar-refractivity contribution in [1.82, 2.24) is 0 Å². The summed E-state index contributed by atoms with van der Waals surface area (Å²) in [6, 6.07) is 8.57. The summed E-state index contributed by atoms with van der Waals surface area (Å²) >= 11 is 7.62. The highest BCUT2D eigenvalue weighted by molar-refractivity contribution is 14.1. The van der Waals surface area contributed by atoms with E-state index in [2.05, 4.69) is 62.8 Å². The number of fused-ring (bicyclic) bond motifs is 1. The molecule has 1 aromatic heterocycles. The van der Waals surface area contributed by atoms with E-state index in [-0.39, 0.29) is 0 Å². The highest BCUT2D eigenvalue weighted by Crippen LogP contribution is 2.28. The second kappa shape index (κ2) is 3.03. The second-order valence-corrected chi connectivity index (χ2v) is 6.13. The van der Waals surface area contributed by atoms with Crippen molar-refractivity contribution in [2.24, 2.45) is 0 Å². The van der Waals surface area contributed by atoms with Gasteiger partial charge in [-0.05, 0) is 52.2 Å². The Kier molecular flexibility index (Phi) is 2.21. The van der Waals surface area contributed by atoms with Crippen LogP contribution < -0.4 is 0 Å². The molecule has 3 heteroatoms. The molecule has 11 heavy (non-hydrogen) atoms. The summed E-state index contributed by atoms with van der Waals surface area (Å²) in [6.07, 6.45) is 0. The fourth-order valence-corrected chi connectivity index (χ4v) is 3.18. The first-order valence-corrected chi connectivity index (χ1v) is 5.79. The van der Waals surface area contributed by atoms with E-state index in [4.69, 9.17) is 0 Å². The number of hydrogen-bond donors (Lipinski definition) is 0. The van der Waals surface area contributed by atoms with Crippen molar-refractivity contribution in [1.29, 1.82) is 0 Å². The molecule has 0 unspecified atom stereocenters. The molecule has 2 rings (SSSR count). The lowest BCUT2D eigenvalue weighted by Gasteiger charge is -1.88. The fraction of sp³-hybridized carbons (Fsp3) is 0. The van der Waals surface area contributed by atoms with Gasteiger partial charge in [-0.3, -0.25) is 0 Å². The van der Waals surface area contributed by atoms with Crippen molar-refractivity contribution in [2.75, 3.05) is 0 Å². The molecular formula is C8H4BrIS. The zero-order valence-electron chi connectivity index (χ0n) is 5.47. The van der Waals surface area contributed by atoms with Crippen LogP contribution in [-0.2, 0) is 0 Å². The average Bonchev–Trinajstić information content (AvgIpc) is 2.27. The van der Waals surface area contributed by atoms with E-state index in [1.165, 1.54) is 13.0 Å². The van der Waals surface area contributed by atoms with Crippen molar-refractivity contribution >= 4 is 59.9 Å². The number of rotatable bonds is 0. The zero-order valence-corrected chi connectivity index (χ0v) is 10.0. The lowest BCUT2D eigenvalue weighted by molar-refractivity contribution is 1.76. The SMILES string of the molecule is Brc1ccc2sc(I)cc2c1. The molecular weight excluding hydrogens is 335 g/mol. The van der Waals surface area contributed by atoms with Gasteiger partial charge in [0.2, 0.25) is 0 Å². The Labute approximate surface area is 90.9 Å². The normalized spacial score (nSPS) is 10.7. The Morgan fingerprint density at radius 2 is 2.09 bits per heavy atom. The van der Waals surface area contributed by atoms with Crippen LogP contribution in [0.4, 0.5) is 0 Å². The van der Waals surface area contributed by atoms with Gasteiger partial charge < -0.3 is 0 Å². The van der Waals surface area contributed by atoms with Gasteiger partial charge in [-0.25, -0.2) is 0 Å². The molecule has 2 aromatic rings. The maximum atomic E-state index is 3.44. The Hall–Kier alpha value is 0.390. The Balaban J connectivity index is 2.82. The summed E-state index contributed by atoms with van der Waals surface area (Å²) in [5.41, 5.74) is 0. The van der Waals surface area contributed by atoms with Crippen molar-refractivity contribution < 1.29 is 0 Å². The predicted molar refractivity (Wildman–Crippen MR) is 62.2 cm³/mol. The Bertz CT molecular complexity index is 394. The third-order valence-corrected chi connectivity index (χ3v) is 3.82. The largest absolute Gasteiger partial charge is 0.129 e. The molecule has 0 bridgehead atoms. The molecule has 1 heterocycles. The van der Waals surface area contributed by atoms with Gasteiger partial charge in [-0.15, -0.1) is 11.3 Å². The molecule has 0 spiro atoms. The lowest BCUT2D eigenvalue weighted by Crippen LogP contribution is -1.62. The number of benzene rings is 1. The Morgan fingerprint density at radius 3 is 2.91 bits per heavy atom. The maximum absolute atomic E-state index is 3.44. The van der Waals surface area contributed by atoms with E-state index in [1.54, 1.807) is 0 Å². The molecule has 1 aromatic carbocycles. The monoisotopic (exact) mass is 338 g/mol. The van der Waals surface area contributed by atoms with Crippen LogP contribution in [-0.4, -0.2) is 0 Å². The summed E-state index contributed by atoms with van der Waals surface area (Å²) < 4.78 is 3.85. The number of thiophene rings is 1. The highest BCUT2D eigenvalue weighted by Gasteiger charge is 1.98. The first-order chi connectivity index (χ1) is 5.25. The third-order valence-electron chi connectivity index (χ3n) is 1.45. The van der Waals surface area contributed by atoms with E-state index in [9.17, 15) is 0 Å². The van der Waals surface area contributed by atoms with Crippen LogP contribution in [0.25, 0.3) is 10.1 Å². The molecule has 0 saturated heterocycles. The van der Waals surface area contributed by atoms with E-state index in [1.807, 2.05) is 11.3 Å². The molecule has 0 saturated carbocycles. The summed E-state index contributed by atoms with van der Waals surface area (Å²) in [4.78, 5) is 0. The van der Waals surface area contributed by atoms with Gasteiger partial charge in [0.25, 0.3) is 0 Å². The van der Waals surface area contributed by atoms with Gasteiger partial charge in [0.1, 0.15) is 0 Å². The molecule has 0 N–H and O–H groups in total. The first-order valence-electron chi connectivity index (χ1n) is 3.10. The summed E-state index contributed by atoms with van der Waals surface area (Å²) in [5, 5.41) is 1.33. The van der Waals surface area contributed by atoms with Crippen LogP contribution in [0.15, 0.2) is 28.7 Å². The molecule has 0 radical (unpaired) electrons. The van der Waals surface area contributed by atoms with Gasteiger partial charge in [-0.1, -0.05) is 15.9 Å². The van der Waals surface area contributed by atoms with E-state index in [0.29, 0.717) is 0 Å². The molecule has 0 atom stereocenters. The molecule has 0 nitrogen and oxygen atoms in total. The predicted octanol–water partition coefficient (Wildman–Crippen LogP) is 4.27.